The maximum Gasteiger partial charge on any atom is 0.303 e. The summed E-state index contributed by atoms with van der Waals surface area (Å²) in [5.74, 6) is 1.47. The van der Waals surface area contributed by atoms with Crippen molar-refractivity contribution in [2.75, 3.05) is 74.6 Å². The number of quaternary nitrogens is 1. The first-order valence-corrected chi connectivity index (χ1v) is 21.4. The summed E-state index contributed by atoms with van der Waals surface area (Å²) in [6.45, 7) is 16.8. The Bertz CT molecular complexity index is 1380. The number of carbonyl (C=O) groups excluding carboxylic acids is 2. The van der Waals surface area contributed by atoms with Crippen LogP contribution in [0.15, 0.2) is 36.4 Å². The lowest BCUT2D eigenvalue weighted by molar-refractivity contribution is -0.921. The molecule has 1 aliphatic heterocycles. The normalized spacial score (nSPS) is 15.9. The Morgan fingerprint density at radius 2 is 1.40 bits per heavy atom. The van der Waals surface area contributed by atoms with E-state index in [1.54, 1.807) is 0 Å². The van der Waals surface area contributed by atoms with Crippen LogP contribution in [-0.2, 0) is 19.1 Å². The number of anilines is 2. The summed E-state index contributed by atoms with van der Waals surface area (Å²) in [6.07, 6.45) is 10.7. The predicted molar refractivity (Wildman–Crippen MR) is 221 cm³/mol. The third-order valence-electron chi connectivity index (χ3n) is 10.6. The molecule has 2 aromatic rings. The molecule has 3 rings (SSSR count). The van der Waals surface area contributed by atoms with Crippen LogP contribution in [0, 0.1) is 27.7 Å². The van der Waals surface area contributed by atoms with Gasteiger partial charge in [-0.2, -0.15) is 11.8 Å². The van der Waals surface area contributed by atoms with E-state index in [2.05, 4.69) is 48.4 Å². The third-order valence-corrected chi connectivity index (χ3v) is 11.7. The molecule has 2 aromatic carbocycles. The summed E-state index contributed by atoms with van der Waals surface area (Å²) in [6, 6.07) is 12.1. The van der Waals surface area contributed by atoms with Gasteiger partial charge in [-0.3, -0.25) is 19.3 Å². The molecular weight excluding hydrogens is 685 g/mol. The molecule has 0 aliphatic carbocycles. The number of likely N-dealkylation sites (tertiary alicyclic amines) is 1. The second-order valence-electron chi connectivity index (χ2n) is 15.1. The second-order valence-corrected chi connectivity index (χ2v) is 16.4. The molecule has 3 N–H and O–H groups in total. The zero-order valence-electron chi connectivity index (χ0n) is 33.5. The van der Waals surface area contributed by atoms with Gasteiger partial charge < -0.3 is 25.0 Å². The minimum absolute atomic E-state index is 0.0422. The minimum atomic E-state index is -0.751. The van der Waals surface area contributed by atoms with Gasteiger partial charge in [0.1, 0.15) is 0 Å². The minimum Gasteiger partial charge on any atom is -0.481 e. The Hall–Kier alpha value is -2.92. The molecule has 296 valence electrons. The number of unbranched alkanes of at least 4 members (excludes halogenated alkanes) is 3. The molecule has 0 spiro atoms. The van der Waals surface area contributed by atoms with Crippen LogP contribution < -0.4 is 10.6 Å². The van der Waals surface area contributed by atoms with Crippen molar-refractivity contribution in [3.05, 3.63) is 58.7 Å². The van der Waals surface area contributed by atoms with Gasteiger partial charge in [0.25, 0.3) is 5.91 Å². The maximum absolute atomic E-state index is 13.8. The zero-order chi connectivity index (χ0) is 38.5. The number of carboxylic acid groups (broad SMARTS) is 1. The lowest BCUT2D eigenvalue weighted by atomic mass is 10.0. The van der Waals surface area contributed by atoms with Crippen molar-refractivity contribution in [1.29, 1.82) is 0 Å². The van der Waals surface area contributed by atoms with Crippen LogP contribution in [-0.4, -0.2) is 102 Å². The summed E-state index contributed by atoms with van der Waals surface area (Å²) in [5.41, 5.74) is 6.17. The smallest absolute Gasteiger partial charge is 0.303 e. The molecule has 2 amide bonds. The second kappa shape index (κ2) is 24.5. The topological polar surface area (TPSA) is 108 Å². The summed E-state index contributed by atoms with van der Waals surface area (Å²) in [5, 5.41) is 15.7. The van der Waals surface area contributed by atoms with E-state index in [9.17, 15) is 19.5 Å². The molecule has 9 nitrogen and oxygen atoms in total. The van der Waals surface area contributed by atoms with E-state index in [1.807, 2.05) is 49.9 Å². The van der Waals surface area contributed by atoms with Gasteiger partial charge >= 0.3 is 5.97 Å². The average Bonchev–Trinajstić information content (AvgIpc) is 3.12. The summed E-state index contributed by atoms with van der Waals surface area (Å²) >= 11 is 1.97. The predicted octanol–water partition coefficient (Wildman–Crippen LogP) is 8.53. The summed E-state index contributed by atoms with van der Waals surface area (Å²) < 4.78 is 6.50. The fraction of sp³-hybridized carbons (Fsp3) is 0.651. The van der Waals surface area contributed by atoms with E-state index >= 15 is 0 Å². The van der Waals surface area contributed by atoms with Gasteiger partial charge in [-0.1, -0.05) is 49.7 Å². The van der Waals surface area contributed by atoms with E-state index in [0.29, 0.717) is 17.4 Å². The Kier molecular flexibility index (Phi) is 20.5. The van der Waals surface area contributed by atoms with Gasteiger partial charge in [-0.15, -0.1) is 0 Å². The van der Waals surface area contributed by atoms with Gasteiger partial charge in [-0.25, -0.2) is 0 Å². The number of carboxylic acids is 1. The molecule has 2 atom stereocenters. The molecule has 0 bridgehead atoms. The van der Waals surface area contributed by atoms with Crippen molar-refractivity contribution in [1.82, 2.24) is 4.90 Å². The van der Waals surface area contributed by atoms with E-state index in [0.717, 1.165) is 155 Å². The highest BCUT2D eigenvalue weighted by atomic mass is 32.2. The first kappa shape index (κ1) is 44.5. The molecule has 10 heteroatoms. The highest BCUT2D eigenvalue weighted by molar-refractivity contribution is 7.99. The molecule has 0 aromatic heterocycles. The van der Waals surface area contributed by atoms with Crippen molar-refractivity contribution in [3.8, 4) is 0 Å². The maximum atomic E-state index is 13.8. The molecule has 0 radical (unpaired) electrons. The molecule has 53 heavy (non-hydrogen) atoms. The largest absolute Gasteiger partial charge is 0.481 e. The van der Waals surface area contributed by atoms with Gasteiger partial charge in [0.05, 0.1) is 25.7 Å². The molecule has 1 fully saturated rings. The number of amides is 2. The third kappa shape index (κ3) is 16.1. The molecule has 2 unspecified atom stereocenters. The Morgan fingerprint density at radius 3 is 2.04 bits per heavy atom. The number of benzene rings is 2. The molecule has 1 heterocycles. The number of hydrogen-bond acceptors (Lipinski definition) is 6. The number of aryl methyl sites for hydroxylation is 4. The number of nitrogens with one attached hydrogen (secondary N) is 2. The first-order chi connectivity index (χ1) is 25.5. The number of hydrogen-bond donors (Lipinski definition) is 3. The van der Waals surface area contributed by atoms with Crippen molar-refractivity contribution in [3.63, 3.8) is 0 Å². The highest BCUT2D eigenvalue weighted by Gasteiger charge is 2.31. The number of nitrogens with zero attached hydrogens (tertiary/aromatic N) is 2. The van der Waals surface area contributed by atoms with E-state index < -0.39 is 5.97 Å². The number of carbonyl (C=O) groups is 3. The Labute approximate surface area is 324 Å². The van der Waals surface area contributed by atoms with Crippen LogP contribution in [0.2, 0.25) is 0 Å². The van der Waals surface area contributed by atoms with Crippen LogP contribution in [0.3, 0.4) is 0 Å². The SMILES string of the molecule is CCCOCCCC[N+](CCCCCC(=O)O)(CCCSCCCN1CCCCC1C(=O)Nc1c(C)cccc1C)CC(=O)Nc1c(C)cccc1C. The first-order valence-electron chi connectivity index (χ1n) is 20.2. The average molecular weight is 754 g/mol. The number of rotatable bonds is 26. The summed E-state index contributed by atoms with van der Waals surface area (Å²) in [7, 11) is 0. The molecular formula is C43H69N4O5S+. The molecule has 1 aliphatic rings. The fourth-order valence-electron chi connectivity index (χ4n) is 7.61. The van der Waals surface area contributed by atoms with Crippen molar-refractivity contribution >= 4 is 40.9 Å². The van der Waals surface area contributed by atoms with Crippen molar-refractivity contribution < 1.29 is 28.7 Å². The fourth-order valence-corrected chi connectivity index (χ4v) is 8.48. The van der Waals surface area contributed by atoms with Crippen LogP contribution in [0.25, 0.3) is 0 Å². The van der Waals surface area contributed by atoms with Gasteiger partial charge in [-0.05, 0) is 132 Å². The number of ether oxygens (including phenoxy) is 1. The number of aliphatic carboxylic acids is 1. The number of piperidine rings is 1. The Morgan fingerprint density at radius 1 is 0.792 bits per heavy atom. The van der Waals surface area contributed by atoms with Gasteiger partial charge in [0, 0.05) is 37.4 Å². The van der Waals surface area contributed by atoms with Crippen LogP contribution in [0.4, 0.5) is 11.4 Å². The van der Waals surface area contributed by atoms with Crippen molar-refractivity contribution in [2.45, 2.75) is 118 Å². The van der Waals surface area contributed by atoms with Crippen LogP contribution >= 0.6 is 11.8 Å². The van der Waals surface area contributed by atoms with E-state index in [1.165, 1.54) is 0 Å². The van der Waals surface area contributed by atoms with Crippen molar-refractivity contribution in [2.24, 2.45) is 0 Å². The van der Waals surface area contributed by atoms with Gasteiger partial charge in [0.15, 0.2) is 6.54 Å². The van der Waals surface area contributed by atoms with Crippen LogP contribution in [0.1, 0.15) is 106 Å². The Balaban J connectivity index is 1.58. The quantitative estimate of drug-likeness (QED) is 0.0653. The number of thioether (sulfide) groups is 1. The lowest BCUT2D eigenvalue weighted by Crippen LogP contribution is -2.54. The zero-order valence-corrected chi connectivity index (χ0v) is 34.3. The van der Waals surface area contributed by atoms with E-state index in [-0.39, 0.29) is 24.3 Å². The summed E-state index contributed by atoms with van der Waals surface area (Å²) in [4.78, 5) is 40.7. The van der Waals surface area contributed by atoms with E-state index in [4.69, 9.17) is 4.74 Å². The molecule has 0 saturated carbocycles. The molecule has 1 saturated heterocycles. The van der Waals surface area contributed by atoms with Crippen LogP contribution in [0.5, 0.6) is 0 Å². The highest BCUT2D eigenvalue weighted by Crippen LogP contribution is 2.25. The standard InChI is InChI=1S/C43H68N4O5S/c1-6-29-52-30-13-12-27-47(26-11-7-8-23-40(49)50,33-39(48)44-41-34(2)18-14-19-35(41)3)28-17-32-53-31-16-25-46-24-10-9-22-38(46)43(51)45-42-36(4)20-15-21-37(42)5/h14-15,18-21,38H,6-13,16-17,22-33H2,1-5H3,(H2-,44,45,48,49,50,51)/p+1. The lowest BCUT2D eigenvalue weighted by Gasteiger charge is -2.39. The van der Waals surface area contributed by atoms with Gasteiger partial charge in [0.2, 0.25) is 5.91 Å². The monoisotopic (exact) mass is 753 g/mol. The number of para-hydroxylation sites is 2.